The zero-order chi connectivity index (χ0) is 21.7. The van der Waals surface area contributed by atoms with Gasteiger partial charge in [0.1, 0.15) is 0 Å². The summed E-state index contributed by atoms with van der Waals surface area (Å²) in [5.41, 5.74) is 0.277. The van der Waals surface area contributed by atoms with E-state index in [4.69, 9.17) is 4.74 Å². The van der Waals surface area contributed by atoms with Gasteiger partial charge in [0.25, 0.3) is 17.3 Å². The van der Waals surface area contributed by atoms with Gasteiger partial charge in [0.2, 0.25) is 5.88 Å². The van der Waals surface area contributed by atoms with Gasteiger partial charge in [0.15, 0.2) is 0 Å². The lowest BCUT2D eigenvalue weighted by Crippen LogP contribution is -2.12. The molecule has 1 aromatic heterocycles. The highest BCUT2D eigenvalue weighted by atomic mass is 16.6. The SMILES string of the molecule is CCOc1ccc(-c2cccc(NC(=O)c3cc([N+](=O)[O-])cc([N+](=O)[O-])c3)c2)nn1. The first-order valence-electron chi connectivity index (χ1n) is 8.69. The molecule has 3 rings (SSSR count). The van der Waals surface area contributed by atoms with E-state index in [0.717, 1.165) is 18.2 Å². The first-order valence-corrected chi connectivity index (χ1v) is 8.69. The second-order valence-corrected chi connectivity index (χ2v) is 5.98. The Kier molecular flexibility index (Phi) is 5.92. The topological polar surface area (TPSA) is 150 Å². The van der Waals surface area contributed by atoms with Crippen LogP contribution in [0.25, 0.3) is 11.3 Å². The summed E-state index contributed by atoms with van der Waals surface area (Å²) in [5.74, 6) is -0.338. The smallest absolute Gasteiger partial charge is 0.277 e. The summed E-state index contributed by atoms with van der Waals surface area (Å²) < 4.78 is 5.25. The first kappa shape index (κ1) is 20.3. The van der Waals surface area contributed by atoms with E-state index in [-0.39, 0.29) is 5.56 Å². The van der Waals surface area contributed by atoms with Crippen LogP contribution in [-0.4, -0.2) is 32.6 Å². The highest BCUT2D eigenvalue weighted by molar-refractivity contribution is 6.05. The van der Waals surface area contributed by atoms with Gasteiger partial charge in [-0.3, -0.25) is 25.0 Å². The maximum Gasteiger partial charge on any atom is 0.277 e. The predicted octanol–water partition coefficient (Wildman–Crippen LogP) is 3.61. The number of ether oxygens (including phenoxy) is 1. The van der Waals surface area contributed by atoms with E-state index in [1.54, 1.807) is 36.4 Å². The highest BCUT2D eigenvalue weighted by Gasteiger charge is 2.20. The third-order valence-electron chi connectivity index (χ3n) is 3.93. The largest absolute Gasteiger partial charge is 0.477 e. The molecule has 1 amide bonds. The van der Waals surface area contributed by atoms with Gasteiger partial charge in [-0.05, 0) is 25.1 Å². The molecule has 3 aromatic rings. The molecular weight excluding hydrogens is 394 g/mol. The first-order chi connectivity index (χ1) is 14.4. The number of nitro benzene ring substituents is 2. The molecule has 0 aliphatic carbocycles. The highest BCUT2D eigenvalue weighted by Crippen LogP contribution is 2.25. The summed E-state index contributed by atoms with van der Waals surface area (Å²) in [7, 11) is 0. The molecule has 30 heavy (non-hydrogen) atoms. The zero-order valence-electron chi connectivity index (χ0n) is 15.6. The number of rotatable bonds is 7. The molecule has 0 aliphatic heterocycles. The summed E-state index contributed by atoms with van der Waals surface area (Å²) >= 11 is 0. The van der Waals surface area contributed by atoms with Crippen molar-refractivity contribution >= 4 is 23.0 Å². The minimum absolute atomic E-state index is 0.206. The molecule has 0 aliphatic rings. The Morgan fingerprint density at radius 3 is 2.27 bits per heavy atom. The van der Waals surface area contributed by atoms with Crippen LogP contribution in [0.15, 0.2) is 54.6 Å². The standard InChI is InChI=1S/C19H15N5O6/c1-2-30-18-7-6-17(21-22-18)12-4-3-5-14(8-12)20-19(25)13-9-15(23(26)27)11-16(10-13)24(28)29/h3-11H,2H2,1H3,(H,20,25). The number of amides is 1. The summed E-state index contributed by atoms with van der Waals surface area (Å²) in [6, 6.07) is 12.8. The maximum atomic E-state index is 12.5. The molecule has 1 heterocycles. The van der Waals surface area contributed by atoms with Crippen LogP contribution in [0, 0.1) is 20.2 Å². The number of aromatic nitrogens is 2. The van der Waals surface area contributed by atoms with Crippen LogP contribution in [0.5, 0.6) is 5.88 Å². The lowest BCUT2D eigenvalue weighted by atomic mass is 10.1. The lowest BCUT2D eigenvalue weighted by Gasteiger charge is -2.08. The quantitative estimate of drug-likeness (QED) is 0.459. The molecule has 1 N–H and O–H groups in total. The summed E-state index contributed by atoms with van der Waals surface area (Å²) in [5, 5.41) is 32.6. The molecule has 0 bridgehead atoms. The Hall–Kier alpha value is -4.41. The van der Waals surface area contributed by atoms with Gasteiger partial charge in [-0.25, -0.2) is 0 Å². The molecule has 0 atom stereocenters. The Morgan fingerprint density at radius 2 is 1.70 bits per heavy atom. The van der Waals surface area contributed by atoms with Crippen LogP contribution < -0.4 is 10.1 Å². The van der Waals surface area contributed by atoms with Crippen LogP contribution in [-0.2, 0) is 0 Å². The summed E-state index contributed by atoms with van der Waals surface area (Å²) in [4.78, 5) is 32.9. The number of nitrogens with one attached hydrogen (secondary N) is 1. The molecule has 0 saturated heterocycles. The van der Waals surface area contributed by atoms with Crippen molar-refractivity contribution in [2.24, 2.45) is 0 Å². The van der Waals surface area contributed by atoms with Crippen LogP contribution in [0.3, 0.4) is 0 Å². The molecule has 0 radical (unpaired) electrons. The third-order valence-corrected chi connectivity index (χ3v) is 3.93. The van der Waals surface area contributed by atoms with Gasteiger partial charge >= 0.3 is 0 Å². The lowest BCUT2D eigenvalue weighted by molar-refractivity contribution is -0.394. The maximum absolute atomic E-state index is 12.5. The minimum Gasteiger partial charge on any atom is -0.477 e. The van der Waals surface area contributed by atoms with Gasteiger partial charge in [-0.15, -0.1) is 10.2 Å². The van der Waals surface area contributed by atoms with Crippen LogP contribution in [0.4, 0.5) is 17.1 Å². The van der Waals surface area contributed by atoms with E-state index in [1.165, 1.54) is 0 Å². The van der Waals surface area contributed by atoms with Crippen molar-refractivity contribution in [3.8, 4) is 17.1 Å². The second kappa shape index (κ2) is 8.73. The van der Waals surface area contributed by atoms with E-state index in [0.29, 0.717) is 29.4 Å². The average Bonchev–Trinajstić information content (AvgIpc) is 2.74. The van der Waals surface area contributed by atoms with Crippen molar-refractivity contribution in [3.05, 3.63) is 80.4 Å². The fourth-order valence-electron chi connectivity index (χ4n) is 2.60. The number of nitro groups is 2. The van der Waals surface area contributed by atoms with Crippen molar-refractivity contribution in [1.82, 2.24) is 10.2 Å². The summed E-state index contributed by atoms with van der Waals surface area (Å²) in [6.45, 7) is 2.29. The monoisotopic (exact) mass is 409 g/mol. The third kappa shape index (κ3) is 4.70. The Labute approximate surface area is 169 Å². The van der Waals surface area contributed by atoms with Crippen molar-refractivity contribution in [2.45, 2.75) is 6.92 Å². The number of hydrogen-bond donors (Lipinski definition) is 1. The molecule has 11 nitrogen and oxygen atoms in total. The minimum atomic E-state index is -0.797. The normalized spacial score (nSPS) is 10.3. The van der Waals surface area contributed by atoms with E-state index in [1.807, 2.05) is 6.92 Å². The fraction of sp³-hybridized carbons (Fsp3) is 0.105. The van der Waals surface area contributed by atoms with Crippen molar-refractivity contribution in [1.29, 1.82) is 0 Å². The molecular formula is C19H15N5O6. The predicted molar refractivity (Wildman–Crippen MR) is 106 cm³/mol. The molecule has 152 valence electrons. The number of carbonyl (C=O) groups excluding carboxylic acids is 1. The van der Waals surface area contributed by atoms with Gasteiger partial charge in [-0.1, -0.05) is 12.1 Å². The van der Waals surface area contributed by atoms with Crippen molar-refractivity contribution in [2.75, 3.05) is 11.9 Å². The van der Waals surface area contributed by atoms with E-state index in [2.05, 4.69) is 15.5 Å². The van der Waals surface area contributed by atoms with E-state index in [9.17, 15) is 25.0 Å². The second-order valence-electron chi connectivity index (χ2n) is 5.98. The number of non-ortho nitro benzene ring substituents is 2. The number of hydrogen-bond acceptors (Lipinski definition) is 8. The molecule has 2 aromatic carbocycles. The van der Waals surface area contributed by atoms with E-state index >= 15 is 0 Å². The van der Waals surface area contributed by atoms with Crippen LogP contribution in [0.1, 0.15) is 17.3 Å². The van der Waals surface area contributed by atoms with Crippen LogP contribution >= 0.6 is 0 Å². The zero-order valence-corrected chi connectivity index (χ0v) is 15.6. The van der Waals surface area contributed by atoms with Gasteiger partial charge in [-0.2, -0.15) is 0 Å². The van der Waals surface area contributed by atoms with Crippen molar-refractivity contribution in [3.63, 3.8) is 0 Å². The van der Waals surface area contributed by atoms with Gasteiger partial charge in [0.05, 0.1) is 33.8 Å². The van der Waals surface area contributed by atoms with Crippen molar-refractivity contribution < 1.29 is 19.4 Å². The number of anilines is 1. The Bertz CT molecular complexity index is 1080. The average molecular weight is 409 g/mol. The van der Waals surface area contributed by atoms with E-state index < -0.39 is 27.1 Å². The fourth-order valence-corrected chi connectivity index (χ4v) is 2.60. The van der Waals surface area contributed by atoms with Gasteiger partial charge in [0, 0.05) is 29.4 Å². The Morgan fingerprint density at radius 1 is 1.00 bits per heavy atom. The summed E-state index contributed by atoms with van der Waals surface area (Å²) in [6.07, 6.45) is 0. The Balaban J connectivity index is 1.85. The van der Waals surface area contributed by atoms with Crippen LogP contribution in [0.2, 0.25) is 0 Å². The number of carbonyl (C=O) groups is 1. The van der Waals surface area contributed by atoms with Gasteiger partial charge < -0.3 is 10.1 Å². The molecule has 11 heteroatoms. The molecule has 0 fully saturated rings. The number of nitrogens with zero attached hydrogens (tertiary/aromatic N) is 4. The number of benzene rings is 2. The molecule has 0 spiro atoms. The molecule has 0 saturated carbocycles. The molecule has 0 unspecified atom stereocenters.